The summed E-state index contributed by atoms with van der Waals surface area (Å²) in [6.07, 6.45) is 0. The zero-order valence-corrected chi connectivity index (χ0v) is 6.95. The van der Waals surface area contributed by atoms with Gasteiger partial charge in [-0.15, -0.1) is 0 Å². The van der Waals surface area contributed by atoms with Gasteiger partial charge in [-0.3, -0.25) is 0 Å². The number of ether oxygens (including phenoxy) is 1. The molecule has 0 radical (unpaired) electrons. The highest BCUT2D eigenvalue weighted by atomic mass is 16.5. The van der Waals surface area contributed by atoms with Crippen molar-refractivity contribution in [3.8, 4) is 11.5 Å². The summed E-state index contributed by atoms with van der Waals surface area (Å²) in [5, 5.41) is 11.5. The number of hydrogen-bond donors (Lipinski definition) is 1. The summed E-state index contributed by atoms with van der Waals surface area (Å²) < 4.78 is 5.46. The Morgan fingerprint density at radius 1 is 1.15 bits per heavy atom. The standard InChI is InChI=1S/C11H8O2/c12-9-5-4-7-6-13-10-3-1-2-8(9)11(7)10/h1-5,12H,6H2. The van der Waals surface area contributed by atoms with Gasteiger partial charge in [0.05, 0.1) is 0 Å². The Bertz CT molecular complexity index is 478. The number of aromatic hydroxyl groups is 1. The minimum Gasteiger partial charge on any atom is -0.507 e. The number of rotatable bonds is 0. The molecular formula is C11H8O2. The molecule has 0 bridgehead atoms. The molecule has 13 heavy (non-hydrogen) atoms. The molecule has 1 heterocycles. The quantitative estimate of drug-likeness (QED) is 0.661. The lowest BCUT2D eigenvalue weighted by molar-refractivity contribution is 0.327. The predicted molar refractivity (Wildman–Crippen MR) is 49.9 cm³/mol. The van der Waals surface area contributed by atoms with Gasteiger partial charge in [-0.25, -0.2) is 0 Å². The minimum atomic E-state index is 0.325. The lowest BCUT2D eigenvalue weighted by atomic mass is 10.1. The van der Waals surface area contributed by atoms with Crippen LogP contribution in [-0.2, 0) is 6.61 Å². The third-order valence-electron chi connectivity index (χ3n) is 2.45. The Labute approximate surface area is 75.4 Å². The SMILES string of the molecule is Oc1ccc2c3c(cccc13)OC2. The van der Waals surface area contributed by atoms with E-state index in [1.54, 1.807) is 6.07 Å². The molecule has 1 aliphatic rings. The van der Waals surface area contributed by atoms with E-state index in [0.717, 1.165) is 22.1 Å². The fourth-order valence-corrected chi connectivity index (χ4v) is 1.82. The van der Waals surface area contributed by atoms with Gasteiger partial charge in [0.15, 0.2) is 0 Å². The highest BCUT2D eigenvalue weighted by Gasteiger charge is 2.16. The largest absolute Gasteiger partial charge is 0.507 e. The molecule has 0 aliphatic carbocycles. The highest BCUT2D eigenvalue weighted by molar-refractivity contribution is 5.96. The van der Waals surface area contributed by atoms with Crippen LogP contribution in [0.4, 0.5) is 0 Å². The molecule has 0 fully saturated rings. The van der Waals surface area contributed by atoms with Crippen LogP contribution >= 0.6 is 0 Å². The van der Waals surface area contributed by atoms with Crippen molar-refractivity contribution in [1.29, 1.82) is 0 Å². The van der Waals surface area contributed by atoms with Crippen LogP contribution in [0.3, 0.4) is 0 Å². The summed E-state index contributed by atoms with van der Waals surface area (Å²) in [4.78, 5) is 0. The van der Waals surface area contributed by atoms with E-state index < -0.39 is 0 Å². The van der Waals surface area contributed by atoms with E-state index in [-0.39, 0.29) is 0 Å². The predicted octanol–water partition coefficient (Wildman–Crippen LogP) is 2.44. The molecule has 0 atom stereocenters. The maximum atomic E-state index is 9.59. The molecule has 3 rings (SSSR count). The third kappa shape index (κ3) is 0.773. The first kappa shape index (κ1) is 6.78. The van der Waals surface area contributed by atoms with Crippen LogP contribution in [0.15, 0.2) is 30.3 Å². The van der Waals surface area contributed by atoms with E-state index in [4.69, 9.17) is 4.74 Å². The molecule has 64 valence electrons. The second-order valence-corrected chi connectivity index (χ2v) is 3.21. The van der Waals surface area contributed by atoms with Crippen molar-refractivity contribution in [3.05, 3.63) is 35.9 Å². The summed E-state index contributed by atoms with van der Waals surface area (Å²) in [6.45, 7) is 0.621. The Morgan fingerprint density at radius 2 is 2.08 bits per heavy atom. The molecule has 0 aromatic heterocycles. The molecule has 2 aromatic rings. The summed E-state index contributed by atoms with van der Waals surface area (Å²) in [6, 6.07) is 9.36. The average Bonchev–Trinajstić information content (AvgIpc) is 2.57. The molecule has 2 heteroatoms. The zero-order valence-electron chi connectivity index (χ0n) is 6.95. The summed E-state index contributed by atoms with van der Waals surface area (Å²) >= 11 is 0. The monoisotopic (exact) mass is 172 g/mol. The van der Waals surface area contributed by atoms with E-state index in [1.807, 2.05) is 24.3 Å². The molecular weight excluding hydrogens is 164 g/mol. The Balaban J connectivity index is 2.58. The van der Waals surface area contributed by atoms with Crippen LogP contribution in [0.1, 0.15) is 5.56 Å². The summed E-state index contributed by atoms with van der Waals surface area (Å²) in [5.41, 5.74) is 1.16. The van der Waals surface area contributed by atoms with Crippen LogP contribution < -0.4 is 4.74 Å². The average molecular weight is 172 g/mol. The molecule has 0 saturated heterocycles. The van der Waals surface area contributed by atoms with Crippen LogP contribution in [0.25, 0.3) is 10.8 Å². The Kier molecular flexibility index (Phi) is 1.13. The highest BCUT2D eigenvalue weighted by Crippen LogP contribution is 2.38. The molecule has 2 nitrogen and oxygen atoms in total. The number of hydrogen-bond acceptors (Lipinski definition) is 2. The van der Waals surface area contributed by atoms with Crippen LogP contribution in [0.2, 0.25) is 0 Å². The summed E-state index contributed by atoms with van der Waals surface area (Å²) in [5.74, 6) is 1.20. The van der Waals surface area contributed by atoms with Crippen molar-refractivity contribution < 1.29 is 9.84 Å². The van der Waals surface area contributed by atoms with E-state index in [2.05, 4.69) is 0 Å². The topological polar surface area (TPSA) is 29.5 Å². The third-order valence-corrected chi connectivity index (χ3v) is 2.45. The van der Waals surface area contributed by atoms with E-state index in [0.29, 0.717) is 12.4 Å². The van der Waals surface area contributed by atoms with Gasteiger partial charge in [0.1, 0.15) is 18.1 Å². The molecule has 1 aliphatic heterocycles. The van der Waals surface area contributed by atoms with Gasteiger partial charge in [-0.05, 0) is 12.1 Å². The normalized spacial score (nSPS) is 13.2. The van der Waals surface area contributed by atoms with Crippen LogP contribution in [0, 0.1) is 0 Å². The smallest absolute Gasteiger partial charge is 0.128 e. The molecule has 0 saturated carbocycles. The molecule has 2 aromatic carbocycles. The number of phenolic OH excluding ortho intramolecular Hbond substituents is 1. The fourth-order valence-electron chi connectivity index (χ4n) is 1.82. The lowest BCUT2D eigenvalue weighted by Gasteiger charge is -2.00. The molecule has 0 amide bonds. The van der Waals surface area contributed by atoms with Gasteiger partial charge in [0.25, 0.3) is 0 Å². The van der Waals surface area contributed by atoms with Gasteiger partial charge in [-0.1, -0.05) is 18.2 Å². The van der Waals surface area contributed by atoms with Gasteiger partial charge in [0, 0.05) is 16.3 Å². The van der Waals surface area contributed by atoms with Crippen molar-refractivity contribution in [2.45, 2.75) is 6.61 Å². The van der Waals surface area contributed by atoms with Crippen molar-refractivity contribution in [2.75, 3.05) is 0 Å². The number of phenols is 1. The van der Waals surface area contributed by atoms with Gasteiger partial charge < -0.3 is 9.84 Å². The van der Waals surface area contributed by atoms with Crippen molar-refractivity contribution in [2.24, 2.45) is 0 Å². The first-order chi connectivity index (χ1) is 6.36. The molecule has 0 spiro atoms. The van der Waals surface area contributed by atoms with Crippen LogP contribution in [0.5, 0.6) is 11.5 Å². The second kappa shape index (κ2) is 2.16. The maximum Gasteiger partial charge on any atom is 0.128 e. The van der Waals surface area contributed by atoms with Crippen molar-refractivity contribution in [3.63, 3.8) is 0 Å². The minimum absolute atomic E-state index is 0.325. The van der Waals surface area contributed by atoms with E-state index in [1.165, 1.54) is 0 Å². The van der Waals surface area contributed by atoms with Crippen molar-refractivity contribution >= 4 is 10.8 Å². The first-order valence-electron chi connectivity index (χ1n) is 4.22. The fraction of sp³-hybridized carbons (Fsp3) is 0.0909. The van der Waals surface area contributed by atoms with Crippen LogP contribution in [-0.4, -0.2) is 5.11 Å². The summed E-state index contributed by atoms with van der Waals surface area (Å²) in [7, 11) is 0. The van der Waals surface area contributed by atoms with Gasteiger partial charge in [-0.2, -0.15) is 0 Å². The Hall–Kier alpha value is -1.70. The first-order valence-corrected chi connectivity index (χ1v) is 4.22. The van der Waals surface area contributed by atoms with Gasteiger partial charge in [0.2, 0.25) is 0 Å². The van der Waals surface area contributed by atoms with Crippen molar-refractivity contribution in [1.82, 2.24) is 0 Å². The van der Waals surface area contributed by atoms with E-state index in [9.17, 15) is 5.11 Å². The Morgan fingerprint density at radius 3 is 3.00 bits per heavy atom. The molecule has 0 unspecified atom stereocenters. The van der Waals surface area contributed by atoms with Gasteiger partial charge >= 0.3 is 0 Å². The molecule has 1 N–H and O–H groups in total. The maximum absolute atomic E-state index is 9.59. The number of benzene rings is 2. The second-order valence-electron chi connectivity index (χ2n) is 3.21. The lowest BCUT2D eigenvalue weighted by Crippen LogP contribution is -1.83. The van der Waals surface area contributed by atoms with E-state index >= 15 is 0 Å². The zero-order chi connectivity index (χ0) is 8.84.